The molecule has 1 N–H and O–H groups in total. The van der Waals surface area contributed by atoms with Crippen LogP contribution in [0.25, 0.3) is 0 Å². The Bertz CT molecular complexity index is 623. The molecule has 116 valence electrons. The predicted molar refractivity (Wildman–Crippen MR) is 89.3 cm³/mol. The molecule has 4 heteroatoms. The molecule has 2 unspecified atom stereocenters. The first kappa shape index (κ1) is 16.4. The van der Waals surface area contributed by atoms with Crippen molar-refractivity contribution in [3.63, 3.8) is 0 Å². The largest absolute Gasteiger partial charge is 0.481 e. The van der Waals surface area contributed by atoms with Gasteiger partial charge in [0.2, 0.25) is 0 Å². The number of carbonyl (C=O) groups excluding carboxylic acids is 1. The molecule has 3 nitrogen and oxygen atoms in total. The molecule has 2 aromatic rings. The molecule has 0 saturated carbocycles. The number of halogens is 1. The summed E-state index contributed by atoms with van der Waals surface area (Å²) in [7, 11) is 0. The van der Waals surface area contributed by atoms with Crippen LogP contribution in [0.3, 0.4) is 0 Å². The summed E-state index contributed by atoms with van der Waals surface area (Å²) in [6.07, 6.45) is -0.575. The Hall–Kier alpha value is -2.00. The highest BCUT2D eigenvalue weighted by atomic mass is 35.5. The Morgan fingerprint density at radius 3 is 2.23 bits per heavy atom. The number of benzene rings is 2. The normalized spacial score (nSPS) is 13.3. The van der Waals surface area contributed by atoms with Crippen LogP contribution in [0.15, 0.2) is 48.5 Å². The van der Waals surface area contributed by atoms with Crippen LogP contribution in [-0.4, -0.2) is 12.0 Å². The molecule has 22 heavy (non-hydrogen) atoms. The first-order chi connectivity index (χ1) is 10.5. The lowest BCUT2D eigenvalue weighted by molar-refractivity contribution is -0.127. The van der Waals surface area contributed by atoms with Crippen molar-refractivity contribution < 1.29 is 9.53 Å². The Morgan fingerprint density at radius 2 is 1.64 bits per heavy atom. The molecule has 2 rings (SSSR count). The summed E-state index contributed by atoms with van der Waals surface area (Å²) >= 11 is 5.82. The summed E-state index contributed by atoms with van der Waals surface area (Å²) in [5.41, 5.74) is 2.26. The lowest BCUT2D eigenvalue weighted by atomic mass is 10.1. The van der Waals surface area contributed by atoms with E-state index in [1.54, 1.807) is 31.2 Å². The van der Waals surface area contributed by atoms with Crippen LogP contribution in [0.5, 0.6) is 5.75 Å². The van der Waals surface area contributed by atoms with Crippen molar-refractivity contribution in [1.82, 2.24) is 5.32 Å². The fourth-order valence-electron chi connectivity index (χ4n) is 2.04. The molecule has 2 atom stereocenters. The summed E-state index contributed by atoms with van der Waals surface area (Å²) in [5.74, 6) is 0.470. The van der Waals surface area contributed by atoms with Gasteiger partial charge in [-0.25, -0.2) is 0 Å². The third kappa shape index (κ3) is 4.50. The smallest absolute Gasteiger partial charge is 0.261 e. The van der Waals surface area contributed by atoms with E-state index in [1.165, 1.54) is 5.56 Å². The fraction of sp³-hybridized carbons (Fsp3) is 0.278. The maximum Gasteiger partial charge on any atom is 0.261 e. The number of amides is 1. The van der Waals surface area contributed by atoms with Gasteiger partial charge in [0, 0.05) is 5.02 Å². The fourth-order valence-corrected chi connectivity index (χ4v) is 2.17. The molecular weight excluding hydrogens is 298 g/mol. The maximum absolute atomic E-state index is 12.2. The lowest BCUT2D eigenvalue weighted by Crippen LogP contribution is -2.37. The molecule has 0 saturated heterocycles. The minimum Gasteiger partial charge on any atom is -0.481 e. The summed E-state index contributed by atoms with van der Waals surface area (Å²) in [6, 6.07) is 15.0. The van der Waals surface area contributed by atoms with Crippen molar-refractivity contribution in [1.29, 1.82) is 0 Å². The topological polar surface area (TPSA) is 38.3 Å². The summed E-state index contributed by atoms with van der Waals surface area (Å²) < 4.78 is 5.62. The number of nitrogens with one attached hydrogen (secondary N) is 1. The number of carbonyl (C=O) groups is 1. The molecule has 0 aromatic heterocycles. The molecule has 0 fully saturated rings. The minimum absolute atomic E-state index is 0.0654. The second-order valence-electron chi connectivity index (χ2n) is 5.35. The first-order valence-electron chi connectivity index (χ1n) is 7.25. The predicted octanol–water partition coefficient (Wildman–Crippen LogP) is 4.29. The van der Waals surface area contributed by atoms with Gasteiger partial charge in [0.25, 0.3) is 5.91 Å². The third-order valence-electron chi connectivity index (χ3n) is 3.43. The van der Waals surface area contributed by atoms with E-state index >= 15 is 0 Å². The number of ether oxygens (including phenoxy) is 1. The zero-order valence-corrected chi connectivity index (χ0v) is 13.7. The molecule has 0 aliphatic carbocycles. The van der Waals surface area contributed by atoms with E-state index in [0.29, 0.717) is 10.8 Å². The van der Waals surface area contributed by atoms with Gasteiger partial charge < -0.3 is 10.1 Å². The Balaban J connectivity index is 1.93. The molecule has 0 radical (unpaired) electrons. The molecule has 1 amide bonds. The maximum atomic E-state index is 12.2. The molecule has 2 aromatic carbocycles. The van der Waals surface area contributed by atoms with Gasteiger partial charge >= 0.3 is 0 Å². The van der Waals surface area contributed by atoms with Gasteiger partial charge in [-0.05, 0) is 50.6 Å². The lowest BCUT2D eigenvalue weighted by Gasteiger charge is -2.19. The van der Waals surface area contributed by atoms with Crippen molar-refractivity contribution in [2.24, 2.45) is 0 Å². The average molecular weight is 318 g/mol. The Labute approximate surface area is 136 Å². The second kappa shape index (κ2) is 7.32. The van der Waals surface area contributed by atoms with Crippen molar-refractivity contribution in [3.05, 3.63) is 64.7 Å². The van der Waals surface area contributed by atoms with Crippen LogP contribution in [0.2, 0.25) is 5.02 Å². The van der Waals surface area contributed by atoms with Crippen molar-refractivity contribution >= 4 is 17.5 Å². The van der Waals surface area contributed by atoms with E-state index in [-0.39, 0.29) is 11.9 Å². The minimum atomic E-state index is -0.575. The van der Waals surface area contributed by atoms with E-state index in [2.05, 4.69) is 5.32 Å². The van der Waals surface area contributed by atoms with Gasteiger partial charge in [0.15, 0.2) is 6.10 Å². The van der Waals surface area contributed by atoms with E-state index in [9.17, 15) is 4.79 Å². The molecule has 0 heterocycles. The molecule has 0 aliphatic heterocycles. The van der Waals surface area contributed by atoms with Crippen LogP contribution in [0.4, 0.5) is 0 Å². The van der Waals surface area contributed by atoms with Gasteiger partial charge in [-0.1, -0.05) is 41.4 Å². The molecule has 0 spiro atoms. The van der Waals surface area contributed by atoms with Crippen LogP contribution in [0.1, 0.15) is 31.0 Å². The van der Waals surface area contributed by atoms with Crippen molar-refractivity contribution in [2.75, 3.05) is 0 Å². The van der Waals surface area contributed by atoms with Gasteiger partial charge in [-0.15, -0.1) is 0 Å². The number of hydrogen-bond donors (Lipinski definition) is 1. The van der Waals surface area contributed by atoms with E-state index in [1.807, 2.05) is 38.1 Å². The average Bonchev–Trinajstić information content (AvgIpc) is 2.50. The van der Waals surface area contributed by atoms with E-state index < -0.39 is 6.10 Å². The number of aryl methyl sites for hydroxylation is 1. The zero-order chi connectivity index (χ0) is 16.1. The molecular formula is C18H20ClNO2. The van der Waals surface area contributed by atoms with Crippen LogP contribution >= 0.6 is 11.6 Å². The monoisotopic (exact) mass is 317 g/mol. The highest BCUT2D eigenvalue weighted by molar-refractivity contribution is 6.30. The van der Waals surface area contributed by atoms with Crippen molar-refractivity contribution in [2.45, 2.75) is 32.9 Å². The highest BCUT2D eigenvalue weighted by Crippen LogP contribution is 2.18. The second-order valence-corrected chi connectivity index (χ2v) is 5.79. The Morgan fingerprint density at radius 1 is 1.05 bits per heavy atom. The van der Waals surface area contributed by atoms with Crippen LogP contribution in [-0.2, 0) is 4.79 Å². The summed E-state index contributed by atoms with van der Waals surface area (Å²) in [5, 5.41) is 3.59. The SMILES string of the molecule is Cc1ccc(C(C)NC(=O)C(C)Oc2ccc(Cl)cc2)cc1. The standard InChI is InChI=1S/C18H20ClNO2/c1-12-4-6-15(7-5-12)13(2)20-18(21)14(3)22-17-10-8-16(19)9-11-17/h4-11,13-14H,1-3H3,(H,20,21). The first-order valence-corrected chi connectivity index (χ1v) is 7.62. The van der Waals surface area contributed by atoms with Gasteiger partial charge in [0.1, 0.15) is 5.75 Å². The summed E-state index contributed by atoms with van der Waals surface area (Å²) in [6.45, 7) is 5.72. The third-order valence-corrected chi connectivity index (χ3v) is 3.68. The van der Waals surface area contributed by atoms with Crippen LogP contribution < -0.4 is 10.1 Å². The number of hydrogen-bond acceptors (Lipinski definition) is 2. The molecule has 0 bridgehead atoms. The quantitative estimate of drug-likeness (QED) is 0.893. The zero-order valence-electron chi connectivity index (χ0n) is 13.0. The molecule has 0 aliphatic rings. The van der Waals surface area contributed by atoms with Crippen LogP contribution in [0, 0.1) is 6.92 Å². The van der Waals surface area contributed by atoms with Crippen molar-refractivity contribution in [3.8, 4) is 5.75 Å². The highest BCUT2D eigenvalue weighted by Gasteiger charge is 2.17. The number of rotatable bonds is 5. The van der Waals surface area contributed by atoms with Gasteiger partial charge in [0.05, 0.1) is 6.04 Å². The van der Waals surface area contributed by atoms with Gasteiger partial charge in [-0.2, -0.15) is 0 Å². The van der Waals surface area contributed by atoms with E-state index in [0.717, 1.165) is 5.56 Å². The summed E-state index contributed by atoms with van der Waals surface area (Å²) in [4.78, 5) is 12.2. The van der Waals surface area contributed by atoms with Gasteiger partial charge in [-0.3, -0.25) is 4.79 Å². The Kier molecular flexibility index (Phi) is 5.45. The van der Waals surface area contributed by atoms with E-state index in [4.69, 9.17) is 16.3 Å².